The van der Waals surface area contributed by atoms with E-state index in [1.807, 2.05) is 6.07 Å². The Balaban J connectivity index is 1.53. The van der Waals surface area contributed by atoms with Gasteiger partial charge in [-0.1, -0.05) is 6.42 Å². The Kier molecular flexibility index (Phi) is 4.75. The van der Waals surface area contributed by atoms with Gasteiger partial charge in [0.2, 0.25) is 5.95 Å². The van der Waals surface area contributed by atoms with Crippen LogP contribution in [-0.2, 0) is 0 Å². The minimum absolute atomic E-state index is 0.191. The lowest BCUT2D eigenvalue weighted by Crippen LogP contribution is -2.38. The molecule has 0 unspecified atom stereocenters. The molecule has 1 atom stereocenters. The number of fused-ring (bicyclic) bond motifs is 1. The SMILES string of the molecule is COc1cc2ncc(-c3nc(N[C@@H]4CCCNC4)ncc3F)n2nc1C1CCC1. The third kappa shape index (κ3) is 3.39. The Labute approximate surface area is 167 Å². The van der Waals surface area contributed by atoms with Crippen molar-refractivity contribution in [3.8, 4) is 17.1 Å². The molecule has 0 bridgehead atoms. The standard InChI is InChI=1S/C20H24FN7O/c1-29-16-8-17-23-11-15(28(17)27-18(16)12-4-2-5-12)19-14(21)10-24-20(26-19)25-13-6-3-7-22-9-13/h8,10-13,22H,2-7,9H2,1H3,(H,24,25,26)/t13-/m1/s1. The molecular formula is C20H24FN7O. The normalized spacial score (nSPS) is 19.9. The minimum Gasteiger partial charge on any atom is -0.495 e. The Morgan fingerprint density at radius 1 is 1.21 bits per heavy atom. The molecule has 0 amide bonds. The number of anilines is 1. The van der Waals surface area contributed by atoms with E-state index in [4.69, 9.17) is 9.84 Å². The van der Waals surface area contributed by atoms with Crippen LogP contribution in [-0.4, -0.2) is 50.8 Å². The maximum Gasteiger partial charge on any atom is 0.223 e. The minimum atomic E-state index is -0.498. The summed E-state index contributed by atoms with van der Waals surface area (Å²) in [4.78, 5) is 13.0. The zero-order valence-corrected chi connectivity index (χ0v) is 16.4. The second kappa shape index (κ2) is 7.55. The molecule has 29 heavy (non-hydrogen) atoms. The Morgan fingerprint density at radius 3 is 2.83 bits per heavy atom. The molecule has 2 fully saturated rings. The number of rotatable bonds is 5. The lowest BCUT2D eigenvalue weighted by atomic mass is 9.82. The van der Waals surface area contributed by atoms with E-state index < -0.39 is 5.82 Å². The van der Waals surface area contributed by atoms with Crippen molar-refractivity contribution >= 4 is 11.6 Å². The molecule has 9 heteroatoms. The molecule has 152 valence electrons. The van der Waals surface area contributed by atoms with Crippen molar-refractivity contribution in [3.05, 3.63) is 30.0 Å². The van der Waals surface area contributed by atoms with E-state index in [1.54, 1.807) is 17.8 Å². The largest absolute Gasteiger partial charge is 0.495 e. The van der Waals surface area contributed by atoms with E-state index in [2.05, 4.69) is 25.6 Å². The van der Waals surface area contributed by atoms with E-state index >= 15 is 0 Å². The quantitative estimate of drug-likeness (QED) is 0.684. The highest BCUT2D eigenvalue weighted by Crippen LogP contribution is 2.40. The summed E-state index contributed by atoms with van der Waals surface area (Å²) in [5.74, 6) is 1.02. The summed E-state index contributed by atoms with van der Waals surface area (Å²) in [6.45, 7) is 1.87. The second-order valence-electron chi connectivity index (χ2n) is 7.72. The number of hydrogen-bond donors (Lipinski definition) is 2. The van der Waals surface area contributed by atoms with Gasteiger partial charge in [0.25, 0.3) is 0 Å². The van der Waals surface area contributed by atoms with Crippen LogP contribution in [0.15, 0.2) is 18.5 Å². The monoisotopic (exact) mass is 397 g/mol. The molecule has 3 aromatic heterocycles. The van der Waals surface area contributed by atoms with Gasteiger partial charge in [0.1, 0.15) is 22.8 Å². The van der Waals surface area contributed by atoms with Gasteiger partial charge in [0.15, 0.2) is 11.5 Å². The van der Waals surface area contributed by atoms with Gasteiger partial charge in [-0.25, -0.2) is 23.9 Å². The summed E-state index contributed by atoms with van der Waals surface area (Å²) in [7, 11) is 1.64. The lowest BCUT2D eigenvalue weighted by Gasteiger charge is -2.26. The highest BCUT2D eigenvalue weighted by atomic mass is 19.1. The number of imidazole rings is 1. The van der Waals surface area contributed by atoms with Crippen LogP contribution < -0.4 is 15.4 Å². The molecule has 4 heterocycles. The molecule has 0 spiro atoms. The number of methoxy groups -OCH3 is 1. The average Bonchev–Trinajstić information content (AvgIpc) is 3.11. The van der Waals surface area contributed by atoms with Gasteiger partial charge in [-0.2, -0.15) is 5.10 Å². The fourth-order valence-corrected chi connectivity index (χ4v) is 3.98. The van der Waals surface area contributed by atoms with Crippen LogP contribution in [0.5, 0.6) is 5.75 Å². The zero-order valence-electron chi connectivity index (χ0n) is 16.4. The van der Waals surface area contributed by atoms with Crippen LogP contribution in [0.1, 0.15) is 43.7 Å². The van der Waals surface area contributed by atoms with Gasteiger partial charge >= 0.3 is 0 Å². The molecule has 0 radical (unpaired) electrons. The third-order valence-corrected chi connectivity index (χ3v) is 5.81. The maximum atomic E-state index is 14.7. The van der Waals surface area contributed by atoms with E-state index in [1.165, 1.54) is 12.6 Å². The Hall–Kier alpha value is -2.81. The lowest BCUT2D eigenvalue weighted by molar-refractivity contribution is 0.362. The highest BCUT2D eigenvalue weighted by molar-refractivity contribution is 5.62. The number of hydrogen-bond acceptors (Lipinski definition) is 7. The zero-order chi connectivity index (χ0) is 19.8. The van der Waals surface area contributed by atoms with E-state index in [0.717, 1.165) is 50.2 Å². The first kappa shape index (κ1) is 18.2. The van der Waals surface area contributed by atoms with Crippen LogP contribution >= 0.6 is 0 Å². The van der Waals surface area contributed by atoms with E-state index in [-0.39, 0.29) is 11.7 Å². The van der Waals surface area contributed by atoms with E-state index in [9.17, 15) is 4.39 Å². The number of ether oxygens (including phenoxy) is 1. The summed E-state index contributed by atoms with van der Waals surface area (Å²) in [5, 5.41) is 11.4. The smallest absolute Gasteiger partial charge is 0.223 e. The summed E-state index contributed by atoms with van der Waals surface area (Å²) in [6.07, 6.45) is 8.30. The maximum absolute atomic E-state index is 14.7. The van der Waals surface area contributed by atoms with Crippen LogP contribution in [0.4, 0.5) is 10.3 Å². The fraction of sp³-hybridized carbons (Fsp3) is 0.500. The van der Waals surface area contributed by atoms with Crippen molar-refractivity contribution in [3.63, 3.8) is 0 Å². The molecule has 2 aliphatic rings. The predicted octanol–water partition coefficient (Wildman–Crippen LogP) is 2.77. The van der Waals surface area contributed by atoms with Crippen molar-refractivity contribution in [2.45, 2.75) is 44.1 Å². The second-order valence-corrected chi connectivity index (χ2v) is 7.72. The Bertz CT molecular complexity index is 1030. The van der Waals surface area contributed by atoms with Gasteiger partial charge in [-0.3, -0.25) is 0 Å². The van der Waals surface area contributed by atoms with Crippen molar-refractivity contribution in [2.75, 3.05) is 25.5 Å². The van der Waals surface area contributed by atoms with Crippen LogP contribution in [0.3, 0.4) is 0 Å². The van der Waals surface area contributed by atoms with Gasteiger partial charge in [-0.15, -0.1) is 0 Å². The molecule has 1 aliphatic heterocycles. The Morgan fingerprint density at radius 2 is 2.10 bits per heavy atom. The summed E-state index contributed by atoms with van der Waals surface area (Å²) in [5.41, 5.74) is 2.19. The topological polar surface area (TPSA) is 89.3 Å². The third-order valence-electron chi connectivity index (χ3n) is 5.81. The van der Waals surface area contributed by atoms with Gasteiger partial charge in [-0.05, 0) is 32.2 Å². The van der Waals surface area contributed by atoms with E-state index in [0.29, 0.717) is 23.2 Å². The molecule has 2 N–H and O–H groups in total. The number of aromatic nitrogens is 5. The summed E-state index contributed by atoms with van der Waals surface area (Å²) in [6, 6.07) is 2.09. The first-order valence-corrected chi connectivity index (χ1v) is 10.2. The van der Waals surface area contributed by atoms with Crippen LogP contribution in [0.25, 0.3) is 17.0 Å². The molecule has 8 nitrogen and oxygen atoms in total. The van der Waals surface area contributed by atoms with Crippen LogP contribution in [0.2, 0.25) is 0 Å². The van der Waals surface area contributed by atoms with Crippen molar-refractivity contribution in [1.82, 2.24) is 29.9 Å². The van der Waals surface area contributed by atoms with Gasteiger partial charge in [0.05, 0.1) is 19.5 Å². The van der Waals surface area contributed by atoms with Crippen molar-refractivity contribution < 1.29 is 9.13 Å². The number of piperidine rings is 1. The predicted molar refractivity (Wildman–Crippen MR) is 107 cm³/mol. The first-order chi connectivity index (χ1) is 14.2. The average molecular weight is 397 g/mol. The van der Waals surface area contributed by atoms with Crippen molar-refractivity contribution in [1.29, 1.82) is 0 Å². The molecule has 1 saturated carbocycles. The van der Waals surface area contributed by atoms with Crippen molar-refractivity contribution in [2.24, 2.45) is 0 Å². The number of nitrogens with zero attached hydrogens (tertiary/aromatic N) is 5. The van der Waals surface area contributed by atoms with Gasteiger partial charge < -0.3 is 15.4 Å². The van der Waals surface area contributed by atoms with Crippen LogP contribution in [0, 0.1) is 5.82 Å². The molecule has 1 saturated heterocycles. The molecule has 3 aromatic rings. The highest BCUT2D eigenvalue weighted by Gasteiger charge is 2.26. The van der Waals surface area contributed by atoms with Gasteiger partial charge in [0, 0.05) is 24.6 Å². The first-order valence-electron chi connectivity index (χ1n) is 10.2. The summed E-state index contributed by atoms with van der Waals surface area (Å²) < 4.78 is 21.8. The number of nitrogens with one attached hydrogen (secondary N) is 2. The fourth-order valence-electron chi connectivity index (χ4n) is 3.98. The number of halogens is 1. The molecule has 5 rings (SSSR count). The molecular weight excluding hydrogens is 373 g/mol. The summed E-state index contributed by atoms with van der Waals surface area (Å²) >= 11 is 0. The molecule has 1 aliphatic carbocycles. The molecule has 0 aromatic carbocycles.